The van der Waals surface area contributed by atoms with Crippen LogP contribution in [-0.4, -0.2) is 66.9 Å². The van der Waals surface area contributed by atoms with Crippen molar-refractivity contribution in [3.8, 4) is 11.5 Å². The molecular formula is C19H25N3O5S. The molecule has 8 nitrogen and oxygen atoms in total. The van der Waals surface area contributed by atoms with E-state index in [1.807, 2.05) is 18.7 Å². The highest BCUT2D eigenvalue weighted by Gasteiger charge is 2.34. The number of nitrogens with one attached hydrogen (secondary N) is 2. The lowest BCUT2D eigenvalue weighted by atomic mass is 9.94. The Hall–Kier alpha value is -2.39. The second-order valence-corrected chi connectivity index (χ2v) is 7.69. The van der Waals surface area contributed by atoms with Gasteiger partial charge in [-0.05, 0) is 24.6 Å². The number of carbonyl (C=O) groups is 2. The van der Waals surface area contributed by atoms with E-state index in [1.165, 1.54) is 13.2 Å². The minimum Gasteiger partial charge on any atom is -0.504 e. The Bertz CT molecular complexity index is 777. The van der Waals surface area contributed by atoms with E-state index in [2.05, 4.69) is 15.5 Å². The second-order valence-electron chi connectivity index (χ2n) is 6.46. The zero-order chi connectivity index (χ0) is 20.1. The summed E-state index contributed by atoms with van der Waals surface area (Å²) in [5.41, 5.74) is 1.52. The van der Waals surface area contributed by atoms with Crippen molar-refractivity contribution in [3.05, 3.63) is 35.0 Å². The molecule has 2 aliphatic rings. The van der Waals surface area contributed by atoms with Crippen LogP contribution in [-0.2, 0) is 9.53 Å². The maximum absolute atomic E-state index is 12.6. The molecule has 0 bridgehead atoms. The minimum absolute atomic E-state index is 0.000462. The molecule has 2 amide bonds. The Labute approximate surface area is 168 Å². The van der Waals surface area contributed by atoms with Gasteiger partial charge in [-0.25, -0.2) is 9.59 Å². The van der Waals surface area contributed by atoms with Crippen molar-refractivity contribution in [1.82, 2.24) is 15.5 Å². The fourth-order valence-corrected chi connectivity index (χ4v) is 4.29. The van der Waals surface area contributed by atoms with Gasteiger partial charge in [0, 0.05) is 36.8 Å². The molecule has 28 heavy (non-hydrogen) atoms. The number of methoxy groups -OCH3 is 1. The van der Waals surface area contributed by atoms with Crippen LogP contribution < -0.4 is 15.4 Å². The summed E-state index contributed by atoms with van der Waals surface area (Å²) in [5.74, 6) is 1.83. The summed E-state index contributed by atoms with van der Waals surface area (Å²) in [6, 6.07) is 3.70. The first kappa shape index (κ1) is 20.3. The van der Waals surface area contributed by atoms with Gasteiger partial charge in [-0.2, -0.15) is 11.8 Å². The molecule has 3 rings (SSSR count). The van der Waals surface area contributed by atoms with Crippen molar-refractivity contribution in [2.45, 2.75) is 13.0 Å². The van der Waals surface area contributed by atoms with E-state index in [-0.39, 0.29) is 11.8 Å². The van der Waals surface area contributed by atoms with Crippen LogP contribution in [0.25, 0.3) is 0 Å². The molecule has 1 saturated heterocycles. The minimum atomic E-state index is -0.699. The van der Waals surface area contributed by atoms with Gasteiger partial charge >= 0.3 is 12.0 Å². The molecule has 2 heterocycles. The molecule has 2 aliphatic heterocycles. The number of nitrogens with zero attached hydrogens (tertiary/aromatic N) is 1. The molecular weight excluding hydrogens is 382 g/mol. The SMILES string of the molecule is CCOc1cc([C@H]2NC(=O)NC(CN3CCSCC3)=C2C(=O)OC)ccc1O. The van der Waals surface area contributed by atoms with Crippen LogP contribution in [0.15, 0.2) is 29.5 Å². The molecule has 0 spiro atoms. The summed E-state index contributed by atoms with van der Waals surface area (Å²) < 4.78 is 10.5. The first-order chi connectivity index (χ1) is 13.5. The van der Waals surface area contributed by atoms with Crippen molar-refractivity contribution in [2.24, 2.45) is 0 Å². The molecule has 152 valence electrons. The van der Waals surface area contributed by atoms with Gasteiger partial charge in [0.05, 0.1) is 25.3 Å². The molecule has 0 aliphatic carbocycles. The number of thioether (sulfide) groups is 1. The summed E-state index contributed by atoms with van der Waals surface area (Å²) in [6.07, 6.45) is 0. The third-order valence-corrected chi connectivity index (χ3v) is 5.60. The molecule has 0 radical (unpaired) electrons. The number of ether oxygens (including phenoxy) is 2. The van der Waals surface area contributed by atoms with E-state index in [4.69, 9.17) is 9.47 Å². The Morgan fingerprint density at radius 3 is 2.79 bits per heavy atom. The summed E-state index contributed by atoms with van der Waals surface area (Å²) in [6.45, 7) is 4.45. The number of hydrogen-bond acceptors (Lipinski definition) is 7. The van der Waals surface area contributed by atoms with Crippen LogP contribution in [0.2, 0.25) is 0 Å². The van der Waals surface area contributed by atoms with E-state index >= 15 is 0 Å². The van der Waals surface area contributed by atoms with E-state index in [0.29, 0.717) is 35.7 Å². The van der Waals surface area contributed by atoms with E-state index < -0.39 is 12.0 Å². The van der Waals surface area contributed by atoms with Crippen molar-refractivity contribution >= 4 is 23.8 Å². The first-order valence-corrected chi connectivity index (χ1v) is 10.3. The molecule has 1 aromatic rings. The number of amides is 2. The molecule has 0 saturated carbocycles. The molecule has 0 unspecified atom stereocenters. The first-order valence-electron chi connectivity index (χ1n) is 9.18. The number of phenolic OH excluding ortho intramolecular Hbond substituents is 1. The quantitative estimate of drug-likeness (QED) is 0.616. The van der Waals surface area contributed by atoms with Crippen LogP contribution in [0, 0.1) is 0 Å². The lowest BCUT2D eigenvalue weighted by Gasteiger charge is -2.33. The summed E-state index contributed by atoms with van der Waals surface area (Å²) >= 11 is 1.89. The van der Waals surface area contributed by atoms with Crippen molar-refractivity contribution < 1.29 is 24.2 Å². The van der Waals surface area contributed by atoms with Crippen molar-refractivity contribution in [1.29, 1.82) is 0 Å². The molecule has 0 aromatic heterocycles. The average Bonchev–Trinajstić information content (AvgIpc) is 2.69. The maximum Gasteiger partial charge on any atom is 0.338 e. The fourth-order valence-electron chi connectivity index (χ4n) is 3.31. The monoisotopic (exact) mass is 407 g/mol. The van der Waals surface area contributed by atoms with Crippen molar-refractivity contribution in [3.63, 3.8) is 0 Å². The van der Waals surface area contributed by atoms with Gasteiger partial charge in [-0.15, -0.1) is 0 Å². The number of phenols is 1. The summed E-state index contributed by atoms with van der Waals surface area (Å²) in [5, 5.41) is 15.5. The van der Waals surface area contributed by atoms with Crippen LogP contribution in [0.4, 0.5) is 4.79 Å². The lowest BCUT2D eigenvalue weighted by molar-refractivity contribution is -0.136. The maximum atomic E-state index is 12.6. The molecule has 1 atom stereocenters. The molecule has 1 aromatic carbocycles. The standard InChI is InChI=1S/C19H25N3O5S/c1-3-27-15-10-12(4-5-14(15)23)17-16(18(24)26-2)13(20-19(25)21-17)11-22-6-8-28-9-7-22/h4-5,10,17,23H,3,6-9,11H2,1-2H3,(H2,20,21,25)/t17-/m1/s1. The topological polar surface area (TPSA) is 100 Å². The molecule has 9 heteroatoms. The number of rotatable bonds is 6. The Morgan fingerprint density at radius 2 is 2.11 bits per heavy atom. The van der Waals surface area contributed by atoms with Crippen LogP contribution in [0.5, 0.6) is 11.5 Å². The van der Waals surface area contributed by atoms with Crippen LogP contribution >= 0.6 is 11.8 Å². The number of aromatic hydroxyl groups is 1. The molecule has 1 fully saturated rings. The lowest BCUT2D eigenvalue weighted by Crippen LogP contribution is -2.49. The Morgan fingerprint density at radius 1 is 1.36 bits per heavy atom. The Kier molecular flexibility index (Phi) is 6.69. The largest absolute Gasteiger partial charge is 0.504 e. The third-order valence-electron chi connectivity index (χ3n) is 4.66. The van der Waals surface area contributed by atoms with Crippen LogP contribution in [0.1, 0.15) is 18.5 Å². The van der Waals surface area contributed by atoms with E-state index in [9.17, 15) is 14.7 Å². The van der Waals surface area contributed by atoms with Gasteiger partial charge in [-0.3, -0.25) is 4.90 Å². The zero-order valence-corrected chi connectivity index (χ0v) is 16.8. The van der Waals surface area contributed by atoms with Gasteiger partial charge in [0.15, 0.2) is 11.5 Å². The second kappa shape index (κ2) is 9.20. The van der Waals surface area contributed by atoms with Gasteiger partial charge in [-0.1, -0.05) is 6.07 Å². The average molecular weight is 407 g/mol. The molecule has 3 N–H and O–H groups in total. The summed E-state index contributed by atoms with van der Waals surface area (Å²) in [4.78, 5) is 27.1. The zero-order valence-electron chi connectivity index (χ0n) is 16.0. The van der Waals surface area contributed by atoms with E-state index in [0.717, 1.165) is 24.6 Å². The number of benzene rings is 1. The number of urea groups is 1. The number of hydrogen-bond donors (Lipinski definition) is 3. The highest BCUT2D eigenvalue weighted by atomic mass is 32.2. The van der Waals surface area contributed by atoms with Gasteiger partial charge in [0.25, 0.3) is 0 Å². The summed E-state index contributed by atoms with van der Waals surface area (Å²) in [7, 11) is 1.32. The predicted molar refractivity (Wildman–Crippen MR) is 106 cm³/mol. The van der Waals surface area contributed by atoms with Gasteiger partial charge in [0.1, 0.15) is 0 Å². The number of esters is 1. The normalized spacial score (nSPS) is 20.4. The number of carbonyl (C=O) groups excluding carboxylic acids is 2. The van der Waals surface area contributed by atoms with Gasteiger partial charge in [0.2, 0.25) is 0 Å². The fraction of sp³-hybridized carbons (Fsp3) is 0.474. The predicted octanol–water partition coefficient (Wildman–Crippen LogP) is 1.62. The van der Waals surface area contributed by atoms with E-state index in [1.54, 1.807) is 12.1 Å². The van der Waals surface area contributed by atoms with Crippen LogP contribution in [0.3, 0.4) is 0 Å². The highest BCUT2D eigenvalue weighted by molar-refractivity contribution is 7.99. The third kappa shape index (κ3) is 4.53. The highest BCUT2D eigenvalue weighted by Crippen LogP contribution is 2.34. The smallest absolute Gasteiger partial charge is 0.338 e. The Balaban J connectivity index is 1.99. The van der Waals surface area contributed by atoms with Crippen molar-refractivity contribution in [2.75, 3.05) is 44.9 Å². The van der Waals surface area contributed by atoms with Gasteiger partial charge < -0.3 is 25.2 Å².